The molecule has 0 spiro atoms. The number of rotatable bonds is 5. The minimum atomic E-state index is -0.519. The van der Waals surface area contributed by atoms with E-state index >= 15 is 0 Å². The average molecular weight is 329 g/mol. The van der Waals surface area contributed by atoms with Crippen LogP contribution in [0.15, 0.2) is 48.5 Å². The van der Waals surface area contributed by atoms with Crippen molar-refractivity contribution in [1.82, 2.24) is 0 Å². The Kier molecular flexibility index (Phi) is 5.45. The summed E-state index contributed by atoms with van der Waals surface area (Å²) in [5.41, 5.74) is 1.23. The number of ether oxygens (including phenoxy) is 1. The van der Waals surface area contributed by atoms with Crippen molar-refractivity contribution < 1.29 is 19.2 Å². The molecular formula is C16H15N3O5. The molecule has 0 fully saturated rings. The second-order valence-electron chi connectivity index (χ2n) is 4.68. The molecule has 0 saturated carbocycles. The number of esters is 1. The lowest BCUT2D eigenvalue weighted by Gasteiger charge is -2.08. The van der Waals surface area contributed by atoms with Crippen LogP contribution in [0, 0.1) is 10.1 Å². The maximum atomic E-state index is 11.9. The van der Waals surface area contributed by atoms with E-state index in [1.54, 1.807) is 31.2 Å². The van der Waals surface area contributed by atoms with E-state index in [0.717, 1.165) is 0 Å². The van der Waals surface area contributed by atoms with E-state index in [2.05, 4.69) is 10.6 Å². The molecule has 2 aromatic carbocycles. The van der Waals surface area contributed by atoms with Crippen LogP contribution in [0.2, 0.25) is 0 Å². The van der Waals surface area contributed by atoms with E-state index in [0.29, 0.717) is 16.9 Å². The predicted molar refractivity (Wildman–Crippen MR) is 88.1 cm³/mol. The lowest BCUT2D eigenvalue weighted by Crippen LogP contribution is -2.19. The Hall–Kier alpha value is -3.42. The number of anilines is 2. The number of nitrogens with one attached hydrogen (secondary N) is 2. The number of nitrogens with zero attached hydrogens (tertiary/aromatic N) is 1. The average Bonchev–Trinajstić information content (AvgIpc) is 2.56. The molecule has 0 atom stereocenters. The summed E-state index contributed by atoms with van der Waals surface area (Å²) in [5, 5.41) is 15.7. The predicted octanol–water partition coefficient (Wildman–Crippen LogP) is 3.42. The van der Waals surface area contributed by atoms with Crippen molar-refractivity contribution in [3.05, 3.63) is 64.2 Å². The number of carbonyl (C=O) groups excluding carboxylic acids is 2. The van der Waals surface area contributed by atoms with Gasteiger partial charge in [0, 0.05) is 23.5 Å². The molecule has 2 N–H and O–H groups in total. The van der Waals surface area contributed by atoms with Crippen molar-refractivity contribution in [2.24, 2.45) is 0 Å². The molecule has 2 amide bonds. The van der Waals surface area contributed by atoms with Gasteiger partial charge in [0.25, 0.3) is 5.69 Å². The summed E-state index contributed by atoms with van der Waals surface area (Å²) < 4.78 is 4.87. The molecule has 0 aliphatic carbocycles. The minimum absolute atomic E-state index is 0.0597. The molecule has 0 aliphatic rings. The molecule has 2 rings (SSSR count). The lowest BCUT2D eigenvalue weighted by molar-refractivity contribution is -0.384. The number of hydrogen-bond acceptors (Lipinski definition) is 5. The van der Waals surface area contributed by atoms with Gasteiger partial charge in [0.2, 0.25) is 0 Å². The first-order valence-electron chi connectivity index (χ1n) is 7.09. The first-order valence-corrected chi connectivity index (χ1v) is 7.09. The monoisotopic (exact) mass is 329 g/mol. The summed E-state index contributed by atoms with van der Waals surface area (Å²) in [6.45, 7) is 2.01. The Morgan fingerprint density at radius 3 is 1.96 bits per heavy atom. The van der Waals surface area contributed by atoms with E-state index in [9.17, 15) is 19.7 Å². The Morgan fingerprint density at radius 2 is 1.50 bits per heavy atom. The quantitative estimate of drug-likeness (QED) is 0.496. The molecular weight excluding hydrogens is 314 g/mol. The van der Waals surface area contributed by atoms with Gasteiger partial charge in [-0.1, -0.05) is 0 Å². The normalized spacial score (nSPS) is 9.88. The van der Waals surface area contributed by atoms with Gasteiger partial charge in [-0.15, -0.1) is 0 Å². The Bertz CT molecular complexity index is 741. The summed E-state index contributed by atoms with van der Waals surface area (Å²) in [5.74, 6) is -0.431. The van der Waals surface area contributed by atoms with E-state index in [-0.39, 0.29) is 12.3 Å². The van der Waals surface area contributed by atoms with Crippen LogP contribution < -0.4 is 10.6 Å². The fourth-order valence-electron chi connectivity index (χ4n) is 1.86. The standard InChI is InChI=1S/C16H15N3O5/c1-2-24-15(20)11-3-5-12(6-4-11)17-16(21)18-13-7-9-14(10-8-13)19(22)23/h3-10H,2H2,1H3,(H2,17,18,21). The third kappa shape index (κ3) is 4.54. The highest BCUT2D eigenvalue weighted by Gasteiger charge is 2.08. The maximum Gasteiger partial charge on any atom is 0.338 e. The molecule has 2 aromatic rings. The number of urea groups is 1. The van der Waals surface area contributed by atoms with E-state index < -0.39 is 16.9 Å². The number of carbonyl (C=O) groups is 2. The molecule has 0 radical (unpaired) electrons. The van der Waals surface area contributed by atoms with Crippen LogP contribution in [0.25, 0.3) is 0 Å². The molecule has 0 saturated heterocycles. The van der Waals surface area contributed by atoms with Crippen LogP contribution in [0.1, 0.15) is 17.3 Å². The Balaban J connectivity index is 1.94. The zero-order valence-corrected chi connectivity index (χ0v) is 12.8. The number of benzene rings is 2. The van der Waals surface area contributed by atoms with Gasteiger partial charge in [0.1, 0.15) is 0 Å². The van der Waals surface area contributed by atoms with Crippen LogP contribution in [-0.4, -0.2) is 23.5 Å². The van der Waals surface area contributed by atoms with Gasteiger partial charge in [-0.25, -0.2) is 9.59 Å². The lowest BCUT2D eigenvalue weighted by atomic mass is 10.2. The summed E-state index contributed by atoms with van der Waals surface area (Å²) in [6.07, 6.45) is 0. The summed E-state index contributed by atoms with van der Waals surface area (Å²) in [7, 11) is 0. The third-order valence-corrected chi connectivity index (χ3v) is 2.99. The molecule has 0 bridgehead atoms. The summed E-state index contributed by atoms with van der Waals surface area (Å²) in [6, 6.07) is 11.2. The number of amides is 2. The summed E-state index contributed by atoms with van der Waals surface area (Å²) >= 11 is 0. The molecule has 8 heteroatoms. The smallest absolute Gasteiger partial charge is 0.338 e. The van der Waals surface area contributed by atoms with Crippen LogP contribution in [0.4, 0.5) is 21.9 Å². The van der Waals surface area contributed by atoms with Gasteiger partial charge >= 0.3 is 12.0 Å². The number of nitro groups is 1. The van der Waals surface area contributed by atoms with E-state index in [1.807, 2.05) is 0 Å². The molecule has 0 aliphatic heterocycles. The SMILES string of the molecule is CCOC(=O)c1ccc(NC(=O)Nc2ccc([N+](=O)[O-])cc2)cc1. The highest BCUT2D eigenvalue weighted by Crippen LogP contribution is 2.16. The Labute approximate surface area is 137 Å². The number of nitro benzene ring substituents is 1. The minimum Gasteiger partial charge on any atom is -0.462 e. The number of non-ortho nitro benzene ring substituents is 1. The van der Waals surface area contributed by atoms with Gasteiger partial charge in [-0.2, -0.15) is 0 Å². The van der Waals surface area contributed by atoms with Crippen LogP contribution in [0.5, 0.6) is 0 Å². The summed E-state index contributed by atoms with van der Waals surface area (Å²) in [4.78, 5) is 33.4. The van der Waals surface area contributed by atoms with Gasteiger partial charge in [-0.05, 0) is 43.3 Å². The number of hydrogen-bond donors (Lipinski definition) is 2. The van der Waals surface area contributed by atoms with Crippen molar-refractivity contribution in [2.45, 2.75) is 6.92 Å². The zero-order chi connectivity index (χ0) is 17.5. The van der Waals surface area contributed by atoms with Crippen molar-refractivity contribution in [2.75, 3.05) is 17.2 Å². The second-order valence-corrected chi connectivity index (χ2v) is 4.68. The highest BCUT2D eigenvalue weighted by molar-refractivity contribution is 6.00. The molecule has 124 valence electrons. The molecule has 0 unspecified atom stereocenters. The Morgan fingerprint density at radius 1 is 1.00 bits per heavy atom. The van der Waals surface area contributed by atoms with Crippen LogP contribution in [-0.2, 0) is 4.74 Å². The third-order valence-electron chi connectivity index (χ3n) is 2.99. The van der Waals surface area contributed by atoms with Crippen molar-refractivity contribution >= 4 is 29.1 Å². The van der Waals surface area contributed by atoms with E-state index in [4.69, 9.17) is 4.74 Å². The van der Waals surface area contributed by atoms with Gasteiger partial charge in [0.05, 0.1) is 17.1 Å². The first-order chi connectivity index (χ1) is 11.5. The fourth-order valence-corrected chi connectivity index (χ4v) is 1.86. The largest absolute Gasteiger partial charge is 0.462 e. The van der Waals surface area contributed by atoms with Crippen molar-refractivity contribution in [3.8, 4) is 0 Å². The van der Waals surface area contributed by atoms with Crippen LogP contribution >= 0.6 is 0 Å². The van der Waals surface area contributed by atoms with E-state index in [1.165, 1.54) is 24.3 Å². The van der Waals surface area contributed by atoms with Crippen molar-refractivity contribution in [3.63, 3.8) is 0 Å². The fraction of sp³-hybridized carbons (Fsp3) is 0.125. The molecule has 24 heavy (non-hydrogen) atoms. The van der Waals surface area contributed by atoms with Crippen molar-refractivity contribution in [1.29, 1.82) is 0 Å². The zero-order valence-electron chi connectivity index (χ0n) is 12.8. The molecule has 8 nitrogen and oxygen atoms in total. The van der Waals surface area contributed by atoms with Gasteiger partial charge < -0.3 is 15.4 Å². The van der Waals surface area contributed by atoms with Gasteiger partial charge in [0.15, 0.2) is 0 Å². The van der Waals surface area contributed by atoms with Gasteiger partial charge in [-0.3, -0.25) is 10.1 Å². The highest BCUT2D eigenvalue weighted by atomic mass is 16.6. The first kappa shape index (κ1) is 16.9. The van der Waals surface area contributed by atoms with Crippen LogP contribution in [0.3, 0.4) is 0 Å². The second kappa shape index (κ2) is 7.73. The maximum absolute atomic E-state index is 11.9. The topological polar surface area (TPSA) is 111 Å². The molecule has 0 heterocycles. The molecule has 0 aromatic heterocycles.